The summed E-state index contributed by atoms with van der Waals surface area (Å²) in [5, 5.41) is 3.51. The largest absolute Gasteiger partial charge is 0.481 e. The molecule has 8 heteroatoms. The van der Waals surface area contributed by atoms with Crippen molar-refractivity contribution in [3.63, 3.8) is 0 Å². The summed E-state index contributed by atoms with van der Waals surface area (Å²) in [7, 11) is 3.18. The molecule has 1 atom stereocenters. The van der Waals surface area contributed by atoms with E-state index in [9.17, 15) is 0 Å². The molecular weight excluding hydrogens is 320 g/mol. The van der Waals surface area contributed by atoms with Gasteiger partial charge in [-0.15, -0.1) is 0 Å². The van der Waals surface area contributed by atoms with Crippen molar-refractivity contribution in [3.05, 3.63) is 24.2 Å². The van der Waals surface area contributed by atoms with Gasteiger partial charge in [-0.1, -0.05) is 0 Å². The van der Waals surface area contributed by atoms with Crippen LogP contribution in [0.25, 0.3) is 0 Å². The Labute approximate surface area is 146 Å². The molecule has 2 aliphatic rings. The van der Waals surface area contributed by atoms with E-state index in [-0.39, 0.29) is 0 Å². The van der Waals surface area contributed by atoms with Gasteiger partial charge in [-0.25, -0.2) is 9.97 Å². The van der Waals surface area contributed by atoms with Crippen LogP contribution >= 0.6 is 0 Å². The summed E-state index contributed by atoms with van der Waals surface area (Å²) < 4.78 is 10.5. The number of hydrogen-bond donors (Lipinski definition) is 1. The molecule has 1 aliphatic carbocycles. The minimum atomic E-state index is 0.294. The van der Waals surface area contributed by atoms with Crippen LogP contribution in [0.2, 0.25) is 0 Å². The second-order valence-corrected chi connectivity index (χ2v) is 6.40. The zero-order chi connectivity index (χ0) is 17.2. The summed E-state index contributed by atoms with van der Waals surface area (Å²) in [5.74, 6) is 4.04. The molecule has 0 radical (unpaired) electrons. The van der Waals surface area contributed by atoms with Gasteiger partial charge in [0, 0.05) is 31.2 Å². The Balaban J connectivity index is 1.43. The van der Waals surface area contributed by atoms with E-state index in [1.807, 2.05) is 12.3 Å². The Kier molecular flexibility index (Phi) is 4.25. The van der Waals surface area contributed by atoms with E-state index in [4.69, 9.17) is 9.47 Å². The molecule has 25 heavy (non-hydrogen) atoms. The highest BCUT2D eigenvalue weighted by Crippen LogP contribution is 2.38. The number of nitrogens with zero attached hydrogens (tertiary/aromatic N) is 5. The monoisotopic (exact) mass is 342 g/mol. The molecule has 4 rings (SSSR count). The van der Waals surface area contributed by atoms with E-state index >= 15 is 0 Å². The van der Waals surface area contributed by atoms with Crippen molar-refractivity contribution >= 4 is 11.8 Å². The molecule has 8 nitrogen and oxygen atoms in total. The van der Waals surface area contributed by atoms with Crippen molar-refractivity contribution in [2.45, 2.75) is 31.2 Å². The molecule has 1 saturated carbocycles. The Morgan fingerprint density at radius 2 is 1.84 bits per heavy atom. The highest BCUT2D eigenvalue weighted by atomic mass is 16.5. The standard InChI is InChI=1S/C17H22N6O2/c1-24-14-9-15(25-2)22-17(21-14)23-8-6-12(10-23)19-13-5-7-18-16(20-13)11-3-4-11/h5,7,9,11-12H,3-4,6,8,10H2,1-2H3,(H,18,19,20). The van der Waals surface area contributed by atoms with Gasteiger partial charge in [-0.05, 0) is 25.3 Å². The van der Waals surface area contributed by atoms with Crippen LogP contribution in [0, 0.1) is 0 Å². The Bertz CT molecular complexity index is 729. The summed E-state index contributed by atoms with van der Waals surface area (Å²) in [6, 6.07) is 3.90. The maximum Gasteiger partial charge on any atom is 0.232 e. The van der Waals surface area contributed by atoms with Crippen LogP contribution in [-0.2, 0) is 0 Å². The Morgan fingerprint density at radius 3 is 2.52 bits per heavy atom. The number of hydrogen-bond acceptors (Lipinski definition) is 8. The van der Waals surface area contributed by atoms with Gasteiger partial charge in [-0.3, -0.25) is 0 Å². The van der Waals surface area contributed by atoms with E-state index in [1.165, 1.54) is 12.8 Å². The van der Waals surface area contributed by atoms with Crippen molar-refractivity contribution in [2.75, 3.05) is 37.5 Å². The molecule has 1 saturated heterocycles. The van der Waals surface area contributed by atoms with Crippen molar-refractivity contribution < 1.29 is 9.47 Å². The van der Waals surface area contributed by atoms with Gasteiger partial charge in [0.15, 0.2) is 0 Å². The zero-order valence-corrected chi connectivity index (χ0v) is 14.5. The molecule has 2 aromatic rings. The maximum atomic E-state index is 5.23. The molecule has 0 amide bonds. The first-order chi connectivity index (χ1) is 12.2. The molecule has 1 aliphatic heterocycles. The SMILES string of the molecule is COc1cc(OC)nc(N2CCC(Nc3ccnc(C4CC4)n3)C2)n1. The number of aromatic nitrogens is 4. The number of ether oxygens (including phenoxy) is 2. The van der Waals surface area contributed by atoms with E-state index < -0.39 is 0 Å². The van der Waals surface area contributed by atoms with Crippen LogP contribution in [0.1, 0.15) is 31.0 Å². The predicted octanol–water partition coefficient (Wildman–Crippen LogP) is 1.85. The van der Waals surface area contributed by atoms with Crippen LogP contribution in [0.15, 0.2) is 18.3 Å². The fraction of sp³-hybridized carbons (Fsp3) is 0.529. The minimum absolute atomic E-state index is 0.294. The highest BCUT2D eigenvalue weighted by molar-refractivity contribution is 5.41. The van der Waals surface area contributed by atoms with Crippen LogP contribution in [-0.4, -0.2) is 53.3 Å². The zero-order valence-electron chi connectivity index (χ0n) is 14.5. The second kappa shape index (κ2) is 6.70. The van der Waals surface area contributed by atoms with Crippen LogP contribution < -0.4 is 19.7 Å². The van der Waals surface area contributed by atoms with Gasteiger partial charge in [0.2, 0.25) is 17.7 Å². The van der Waals surface area contributed by atoms with E-state index in [2.05, 4.69) is 30.2 Å². The molecular formula is C17H22N6O2. The smallest absolute Gasteiger partial charge is 0.232 e. The van der Waals surface area contributed by atoms with Gasteiger partial charge in [-0.2, -0.15) is 9.97 Å². The normalized spacial score (nSPS) is 19.8. The van der Waals surface area contributed by atoms with Gasteiger partial charge >= 0.3 is 0 Å². The fourth-order valence-electron chi connectivity index (χ4n) is 3.00. The quantitative estimate of drug-likeness (QED) is 0.851. The van der Waals surface area contributed by atoms with Crippen molar-refractivity contribution in [3.8, 4) is 11.8 Å². The summed E-state index contributed by atoms with van der Waals surface area (Å²) in [4.78, 5) is 20.0. The lowest BCUT2D eigenvalue weighted by molar-refractivity contribution is 0.372. The molecule has 2 fully saturated rings. The van der Waals surface area contributed by atoms with Gasteiger partial charge < -0.3 is 19.7 Å². The van der Waals surface area contributed by atoms with Crippen molar-refractivity contribution in [2.24, 2.45) is 0 Å². The second-order valence-electron chi connectivity index (χ2n) is 6.40. The van der Waals surface area contributed by atoms with Crippen LogP contribution in [0.4, 0.5) is 11.8 Å². The van der Waals surface area contributed by atoms with E-state index in [0.29, 0.717) is 29.7 Å². The van der Waals surface area contributed by atoms with E-state index in [1.54, 1.807) is 20.3 Å². The van der Waals surface area contributed by atoms with Gasteiger partial charge in [0.05, 0.1) is 20.3 Å². The molecule has 1 unspecified atom stereocenters. The lowest BCUT2D eigenvalue weighted by atomic mass is 10.2. The van der Waals surface area contributed by atoms with Crippen molar-refractivity contribution in [1.82, 2.24) is 19.9 Å². The lowest BCUT2D eigenvalue weighted by Gasteiger charge is -2.18. The summed E-state index contributed by atoms with van der Waals surface area (Å²) in [5.41, 5.74) is 0. The lowest BCUT2D eigenvalue weighted by Crippen LogP contribution is -2.27. The number of anilines is 2. The summed E-state index contributed by atoms with van der Waals surface area (Å²) >= 11 is 0. The first kappa shape index (κ1) is 15.9. The van der Waals surface area contributed by atoms with Crippen LogP contribution in [0.5, 0.6) is 11.8 Å². The van der Waals surface area contributed by atoms with Gasteiger partial charge in [0.1, 0.15) is 11.6 Å². The third kappa shape index (κ3) is 3.57. The summed E-state index contributed by atoms with van der Waals surface area (Å²) in [6.07, 6.45) is 5.24. The van der Waals surface area contributed by atoms with Gasteiger partial charge in [0.25, 0.3) is 0 Å². The predicted molar refractivity (Wildman–Crippen MR) is 93.4 cm³/mol. The third-order valence-electron chi connectivity index (χ3n) is 4.53. The third-order valence-corrected chi connectivity index (χ3v) is 4.53. The van der Waals surface area contributed by atoms with Crippen LogP contribution in [0.3, 0.4) is 0 Å². The molecule has 3 heterocycles. The van der Waals surface area contributed by atoms with Crippen molar-refractivity contribution in [1.29, 1.82) is 0 Å². The molecule has 0 aromatic carbocycles. The Morgan fingerprint density at radius 1 is 1.08 bits per heavy atom. The average molecular weight is 342 g/mol. The number of nitrogens with one attached hydrogen (secondary N) is 1. The molecule has 0 spiro atoms. The highest BCUT2D eigenvalue weighted by Gasteiger charge is 2.28. The van der Waals surface area contributed by atoms with E-state index in [0.717, 1.165) is 31.2 Å². The average Bonchev–Trinajstić information content (AvgIpc) is 3.41. The molecule has 2 aromatic heterocycles. The molecule has 1 N–H and O–H groups in total. The topological polar surface area (TPSA) is 85.3 Å². The first-order valence-electron chi connectivity index (χ1n) is 8.56. The Hall–Kier alpha value is -2.64. The maximum absolute atomic E-state index is 5.23. The molecule has 132 valence electrons. The number of rotatable bonds is 6. The first-order valence-corrected chi connectivity index (χ1v) is 8.56. The fourth-order valence-corrected chi connectivity index (χ4v) is 3.00. The minimum Gasteiger partial charge on any atom is -0.481 e. The number of methoxy groups -OCH3 is 2. The molecule has 0 bridgehead atoms. The summed E-state index contributed by atoms with van der Waals surface area (Å²) in [6.45, 7) is 1.67.